The van der Waals surface area contributed by atoms with Crippen molar-refractivity contribution in [2.75, 3.05) is 7.11 Å². The molecule has 3 nitrogen and oxygen atoms in total. The van der Waals surface area contributed by atoms with Crippen molar-refractivity contribution in [3.8, 4) is 5.75 Å². The first-order chi connectivity index (χ1) is 8.72. The molecule has 0 aliphatic heterocycles. The Morgan fingerprint density at radius 2 is 2.28 bits per heavy atom. The fourth-order valence-electron chi connectivity index (χ4n) is 1.87. The lowest BCUT2D eigenvalue weighted by Crippen LogP contribution is -2.04. The van der Waals surface area contributed by atoms with Gasteiger partial charge in [0.25, 0.3) is 0 Å². The molecular formula is C14H15NO2S. The van der Waals surface area contributed by atoms with Crippen molar-refractivity contribution in [2.24, 2.45) is 0 Å². The van der Waals surface area contributed by atoms with E-state index >= 15 is 0 Å². The summed E-state index contributed by atoms with van der Waals surface area (Å²) in [5, 5.41) is 2.92. The van der Waals surface area contributed by atoms with E-state index in [-0.39, 0.29) is 5.78 Å². The summed E-state index contributed by atoms with van der Waals surface area (Å²) >= 11 is 1.58. The van der Waals surface area contributed by atoms with E-state index < -0.39 is 0 Å². The minimum atomic E-state index is 0.103. The molecule has 0 atom stereocenters. The molecule has 0 saturated carbocycles. The Balaban J connectivity index is 2.11. The van der Waals surface area contributed by atoms with Crippen molar-refractivity contribution in [1.82, 2.24) is 4.98 Å². The Labute approximate surface area is 110 Å². The van der Waals surface area contributed by atoms with Gasteiger partial charge in [0.05, 0.1) is 17.7 Å². The van der Waals surface area contributed by atoms with Crippen LogP contribution in [0.1, 0.15) is 27.3 Å². The normalized spacial score (nSPS) is 10.3. The standard InChI is InChI=1S/C14H15NO2S/c1-10-4-3-5-11(14(10)17-2)12(16)6-7-13-15-8-9-18-13/h3-5,8-9H,6-7H2,1-2H3. The molecule has 94 valence electrons. The number of aryl methyl sites for hydroxylation is 2. The third-order valence-electron chi connectivity index (χ3n) is 2.77. The summed E-state index contributed by atoms with van der Waals surface area (Å²) in [6.45, 7) is 1.94. The third kappa shape index (κ3) is 2.76. The van der Waals surface area contributed by atoms with E-state index in [2.05, 4.69) is 4.98 Å². The number of Topliss-reactive ketones (excluding diaryl/α,β-unsaturated/α-hetero) is 1. The van der Waals surface area contributed by atoms with Crippen LogP contribution < -0.4 is 4.74 Å². The van der Waals surface area contributed by atoms with Crippen LogP contribution in [0.4, 0.5) is 0 Å². The van der Waals surface area contributed by atoms with E-state index in [0.717, 1.165) is 10.6 Å². The zero-order valence-electron chi connectivity index (χ0n) is 10.5. The van der Waals surface area contributed by atoms with Crippen LogP contribution >= 0.6 is 11.3 Å². The van der Waals surface area contributed by atoms with Gasteiger partial charge in [-0.1, -0.05) is 12.1 Å². The highest BCUT2D eigenvalue weighted by molar-refractivity contribution is 7.09. The summed E-state index contributed by atoms with van der Waals surface area (Å²) in [6, 6.07) is 5.64. The summed E-state index contributed by atoms with van der Waals surface area (Å²) in [7, 11) is 1.60. The number of methoxy groups -OCH3 is 1. The number of ketones is 1. The van der Waals surface area contributed by atoms with Crippen molar-refractivity contribution in [2.45, 2.75) is 19.8 Å². The number of hydrogen-bond donors (Lipinski definition) is 0. The van der Waals surface area contributed by atoms with Gasteiger partial charge in [-0.05, 0) is 18.6 Å². The van der Waals surface area contributed by atoms with Gasteiger partial charge in [-0.3, -0.25) is 4.79 Å². The number of nitrogens with zero attached hydrogens (tertiary/aromatic N) is 1. The quantitative estimate of drug-likeness (QED) is 0.775. The molecule has 4 heteroatoms. The van der Waals surface area contributed by atoms with Crippen LogP contribution in [-0.2, 0) is 6.42 Å². The molecular weight excluding hydrogens is 246 g/mol. The second-order valence-corrected chi connectivity index (χ2v) is 4.98. The Kier molecular flexibility index (Phi) is 4.10. The van der Waals surface area contributed by atoms with Gasteiger partial charge in [0.2, 0.25) is 0 Å². The number of para-hydroxylation sites is 1. The number of carbonyl (C=O) groups is 1. The molecule has 0 aliphatic rings. The van der Waals surface area contributed by atoms with Gasteiger partial charge >= 0.3 is 0 Å². The molecule has 0 radical (unpaired) electrons. The van der Waals surface area contributed by atoms with Crippen LogP contribution in [0.15, 0.2) is 29.8 Å². The van der Waals surface area contributed by atoms with Gasteiger partial charge in [-0.25, -0.2) is 4.98 Å². The monoisotopic (exact) mass is 261 g/mol. The lowest BCUT2D eigenvalue weighted by Gasteiger charge is -2.09. The van der Waals surface area contributed by atoms with Crippen molar-refractivity contribution >= 4 is 17.1 Å². The van der Waals surface area contributed by atoms with Gasteiger partial charge in [0.1, 0.15) is 5.75 Å². The van der Waals surface area contributed by atoms with Crippen molar-refractivity contribution in [3.05, 3.63) is 45.9 Å². The number of hydrogen-bond acceptors (Lipinski definition) is 4. The number of aromatic nitrogens is 1. The molecule has 0 saturated heterocycles. The third-order valence-corrected chi connectivity index (χ3v) is 3.61. The Morgan fingerprint density at radius 1 is 1.44 bits per heavy atom. The van der Waals surface area contributed by atoms with Gasteiger partial charge in [0, 0.05) is 24.4 Å². The van der Waals surface area contributed by atoms with Crippen LogP contribution in [0.25, 0.3) is 0 Å². The van der Waals surface area contributed by atoms with E-state index in [1.165, 1.54) is 0 Å². The summed E-state index contributed by atoms with van der Waals surface area (Å²) in [4.78, 5) is 16.3. The molecule has 2 rings (SSSR count). The number of rotatable bonds is 5. The molecule has 0 bridgehead atoms. The number of benzene rings is 1. The van der Waals surface area contributed by atoms with Gasteiger partial charge < -0.3 is 4.74 Å². The molecule has 0 unspecified atom stereocenters. The average Bonchev–Trinajstić information content (AvgIpc) is 2.88. The first-order valence-corrected chi connectivity index (χ1v) is 6.65. The minimum absolute atomic E-state index is 0.103. The number of ether oxygens (including phenoxy) is 1. The lowest BCUT2D eigenvalue weighted by molar-refractivity contribution is 0.0979. The van der Waals surface area contributed by atoms with Crippen LogP contribution in [-0.4, -0.2) is 17.9 Å². The summed E-state index contributed by atoms with van der Waals surface area (Å²) in [5.74, 6) is 0.785. The van der Waals surface area contributed by atoms with E-state index in [0.29, 0.717) is 24.2 Å². The Bertz CT molecular complexity index is 535. The highest BCUT2D eigenvalue weighted by atomic mass is 32.1. The van der Waals surface area contributed by atoms with E-state index in [1.54, 1.807) is 24.6 Å². The number of carbonyl (C=O) groups excluding carboxylic acids is 1. The minimum Gasteiger partial charge on any atom is -0.496 e. The van der Waals surface area contributed by atoms with Crippen LogP contribution in [0.2, 0.25) is 0 Å². The van der Waals surface area contributed by atoms with Crippen molar-refractivity contribution in [1.29, 1.82) is 0 Å². The zero-order chi connectivity index (χ0) is 13.0. The lowest BCUT2D eigenvalue weighted by atomic mass is 10.0. The largest absolute Gasteiger partial charge is 0.496 e. The maximum atomic E-state index is 12.2. The van der Waals surface area contributed by atoms with Crippen LogP contribution in [0, 0.1) is 6.92 Å². The molecule has 0 aliphatic carbocycles. The summed E-state index contributed by atoms with van der Waals surface area (Å²) in [6.07, 6.45) is 2.92. The summed E-state index contributed by atoms with van der Waals surface area (Å²) in [5.41, 5.74) is 1.65. The maximum absolute atomic E-state index is 12.2. The first-order valence-electron chi connectivity index (χ1n) is 5.77. The van der Waals surface area contributed by atoms with Gasteiger partial charge in [0.15, 0.2) is 5.78 Å². The Morgan fingerprint density at radius 3 is 2.94 bits per heavy atom. The topological polar surface area (TPSA) is 39.2 Å². The summed E-state index contributed by atoms with van der Waals surface area (Å²) < 4.78 is 5.30. The fraction of sp³-hybridized carbons (Fsp3) is 0.286. The molecule has 0 fully saturated rings. The van der Waals surface area contributed by atoms with Crippen molar-refractivity contribution < 1.29 is 9.53 Å². The molecule has 2 aromatic rings. The second kappa shape index (κ2) is 5.78. The molecule has 0 N–H and O–H groups in total. The molecule has 0 amide bonds. The fourth-order valence-corrected chi connectivity index (χ4v) is 2.49. The molecule has 0 spiro atoms. The smallest absolute Gasteiger partial charge is 0.167 e. The molecule has 1 aromatic carbocycles. The van der Waals surface area contributed by atoms with E-state index in [9.17, 15) is 4.79 Å². The average molecular weight is 261 g/mol. The first kappa shape index (κ1) is 12.8. The van der Waals surface area contributed by atoms with Crippen LogP contribution in [0.3, 0.4) is 0 Å². The predicted molar refractivity (Wildman–Crippen MR) is 72.5 cm³/mol. The Hall–Kier alpha value is -1.68. The molecule has 1 aromatic heterocycles. The zero-order valence-corrected chi connectivity index (χ0v) is 11.3. The second-order valence-electron chi connectivity index (χ2n) is 4.00. The van der Waals surface area contributed by atoms with Gasteiger partial charge in [-0.2, -0.15) is 0 Å². The molecule has 18 heavy (non-hydrogen) atoms. The van der Waals surface area contributed by atoms with Gasteiger partial charge in [-0.15, -0.1) is 11.3 Å². The maximum Gasteiger partial charge on any atom is 0.167 e. The highest BCUT2D eigenvalue weighted by Gasteiger charge is 2.14. The van der Waals surface area contributed by atoms with E-state index in [4.69, 9.17) is 4.74 Å². The predicted octanol–water partition coefficient (Wildman–Crippen LogP) is 3.28. The molecule has 1 heterocycles. The SMILES string of the molecule is COc1c(C)cccc1C(=O)CCc1nccs1. The number of thiazole rings is 1. The van der Waals surface area contributed by atoms with Crippen molar-refractivity contribution in [3.63, 3.8) is 0 Å². The van der Waals surface area contributed by atoms with Crippen LogP contribution in [0.5, 0.6) is 5.75 Å². The highest BCUT2D eigenvalue weighted by Crippen LogP contribution is 2.24. The van der Waals surface area contributed by atoms with E-state index in [1.807, 2.05) is 30.5 Å².